The number of hydrogen-bond acceptors (Lipinski definition) is 6. The molecule has 8 nitrogen and oxygen atoms in total. The number of nitrogens with one attached hydrogen (secondary N) is 2. The molecule has 3 amide bonds. The van der Waals surface area contributed by atoms with Crippen LogP contribution in [0, 0.1) is 0 Å². The lowest BCUT2D eigenvalue weighted by Gasteiger charge is -2.22. The number of hydrogen-bond donors (Lipinski definition) is 2. The van der Waals surface area contributed by atoms with Crippen LogP contribution in [-0.2, 0) is 11.3 Å². The summed E-state index contributed by atoms with van der Waals surface area (Å²) in [7, 11) is 0. The van der Waals surface area contributed by atoms with Gasteiger partial charge in [-0.15, -0.1) is 0 Å². The summed E-state index contributed by atoms with van der Waals surface area (Å²) in [6.45, 7) is 2.14. The summed E-state index contributed by atoms with van der Waals surface area (Å²) in [6.07, 6.45) is 4.00. The highest BCUT2D eigenvalue weighted by Crippen LogP contribution is 2.22. The van der Waals surface area contributed by atoms with Crippen molar-refractivity contribution in [3.8, 4) is 0 Å². The van der Waals surface area contributed by atoms with Crippen LogP contribution < -0.4 is 10.6 Å². The number of rotatable bonds is 5. The van der Waals surface area contributed by atoms with Crippen LogP contribution in [0.2, 0.25) is 0 Å². The monoisotopic (exact) mass is 399 g/mol. The fourth-order valence-electron chi connectivity index (χ4n) is 3.33. The third-order valence-corrected chi connectivity index (χ3v) is 5.74. The second-order valence-corrected chi connectivity index (χ2v) is 7.79. The molecule has 146 valence electrons. The van der Waals surface area contributed by atoms with Crippen LogP contribution in [0.5, 0.6) is 0 Å². The molecule has 1 aromatic heterocycles. The van der Waals surface area contributed by atoms with Crippen LogP contribution in [0.15, 0.2) is 36.5 Å². The molecule has 0 aliphatic carbocycles. The second kappa shape index (κ2) is 8.15. The molecule has 1 atom stereocenters. The number of carbonyl (C=O) groups excluding carboxylic acids is 3. The average molecular weight is 399 g/mol. The van der Waals surface area contributed by atoms with E-state index in [0.29, 0.717) is 11.4 Å². The number of nitrogens with zero attached hydrogens (tertiary/aromatic N) is 3. The van der Waals surface area contributed by atoms with Crippen molar-refractivity contribution in [2.45, 2.75) is 25.4 Å². The molecule has 2 N–H and O–H groups in total. The first kappa shape index (κ1) is 18.7. The zero-order chi connectivity index (χ0) is 19.5. The lowest BCUT2D eigenvalue weighted by Crippen LogP contribution is -2.32. The number of piperidine rings is 1. The first-order chi connectivity index (χ1) is 13.6. The molecule has 2 aliphatic rings. The zero-order valence-corrected chi connectivity index (χ0v) is 16.1. The Morgan fingerprint density at radius 3 is 2.75 bits per heavy atom. The molecule has 0 radical (unpaired) electrons. The summed E-state index contributed by atoms with van der Waals surface area (Å²) in [4.78, 5) is 37.1. The van der Waals surface area contributed by atoms with Crippen LogP contribution in [0.4, 0.5) is 10.5 Å². The SMILES string of the molecule is O=C(Nc1ccc(CN2C(=O)CSC2=O)cc1)c1ccn(C2CCCNC2)n1. The zero-order valence-electron chi connectivity index (χ0n) is 15.3. The number of carbonyl (C=O) groups is 3. The third-order valence-electron chi connectivity index (χ3n) is 4.88. The number of anilines is 1. The number of thioether (sulfide) groups is 1. The normalized spacial score (nSPS) is 19.9. The maximum atomic E-state index is 12.5. The molecular formula is C19H21N5O3S. The lowest BCUT2D eigenvalue weighted by molar-refractivity contribution is -0.125. The van der Waals surface area contributed by atoms with Gasteiger partial charge in [-0.3, -0.25) is 24.0 Å². The molecule has 2 fully saturated rings. The highest BCUT2D eigenvalue weighted by atomic mass is 32.2. The minimum absolute atomic E-state index is 0.170. The second-order valence-electron chi connectivity index (χ2n) is 6.87. The first-order valence-corrected chi connectivity index (χ1v) is 10.2. The van der Waals surface area contributed by atoms with Crippen LogP contribution in [0.25, 0.3) is 0 Å². The van der Waals surface area contributed by atoms with Crippen LogP contribution in [-0.4, -0.2) is 50.6 Å². The van der Waals surface area contributed by atoms with Crippen molar-refractivity contribution < 1.29 is 14.4 Å². The minimum atomic E-state index is -0.267. The Morgan fingerprint density at radius 1 is 1.25 bits per heavy atom. The van der Waals surface area contributed by atoms with E-state index in [-0.39, 0.29) is 35.4 Å². The summed E-state index contributed by atoms with van der Waals surface area (Å²) in [5.41, 5.74) is 1.84. The minimum Gasteiger partial charge on any atom is -0.321 e. The average Bonchev–Trinajstić information content (AvgIpc) is 3.33. The fraction of sp³-hybridized carbons (Fsp3) is 0.368. The molecule has 0 bridgehead atoms. The smallest absolute Gasteiger partial charge is 0.289 e. The van der Waals surface area contributed by atoms with Crippen LogP contribution in [0.1, 0.15) is 34.9 Å². The van der Waals surface area contributed by atoms with E-state index in [1.54, 1.807) is 30.3 Å². The summed E-state index contributed by atoms with van der Waals surface area (Å²) in [6, 6.07) is 9.11. The Kier molecular flexibility index (Phi) is 5.45. The Hall–Kier alpha value is -2.65. The quantitative estimate of drug-likeness (QED) is 0.801. The standard InChI is InChI=1S/C19H21N5O3S/c25-17-12-28-19(27)23(17)11-13-3-5-14(6-4-13)21-18(26)16-7-9-24(22-16)15-2-1-8-20-10-15/h3-7,9,15,20H,1-2,8,10-12H2,(H,21,26). The molecule has 0 saturated carbocycles. The van der Waals surface area contributed by atoms with Gasteiger partial charge in [0.25, 0.3) is 11.1 Å². The van der Waals surface area contributed by atoms with Gasteiger partial charge in [0, 0.05) is 18.4 Å². The van der Waals surface area contributed by atoms with Gasteiger partial charge >= 0.3 is 0 Å². The molecule has 1 unspecified atom stereocenters. The van der Waals surface area contributed by atoms with Gasteiger partial charge in [0.05, 0.1) is 18.3 Å². The molecule has 2 aliphatic heterocycles. The number of amides is 3. The van der Waals surface area contributed by atoms with Crippen molar-refractivity contribution in [1.29, 1.82) is 0 Å². The van der Waals surface area contributed by atoms with E-state index in [1.165, 1.54) is 4.90 Å². The molecule has 1 aromatic carbocycles. The molecule has 2 aromatic rings. The van der Waals surface area contributed by atoms with Crippen molar-refractivity contribution in [2.24, 2.45) is 0 Å². The van der Waals surface area contributed by atoms with E-state index in [2.05, 4.69) is 15.7 Å². The van der Waals surface area contributed by atoms with E-state index < -0.39 is 0 Å². The molecule has 9 heteroatoms. The largest absolute Gasteiger partial charge is 0.321 e. The van der Waals surface area contributed by atoms with Gasteiger partial charge in [0.1, 0.15) is 0 Å². The van der Waals surface area contributed by atoms with Crippen molar-refractivity contribution in [2.75, 3.05) is 24.2 Å². The number of imide groups is 1. The number of aromatic nitrogens is 2. The van der Waals surface area contributed by atoms with Crippen molar-refractivity contribution in [1.82, 2.24) is 20.0 Å². The predicted molar refractivity (Wildman–Crippen MR) is 106 cm³/mol. The van der Waals surface area contributed by atoms with Gasteiger partial charge in [0.2, 0.25) is 5.91 Å². The lowest BCUT2D eigenvalue weighted by atomic mass is 10.1. The van der Waals surface area contributed by atoms with Crippen molar-refractivity contribution in [3.05, 3.63) is 47.8 Å². The Bertz CT molecular complexity index is 873. The van der Waals surface area contributed by atoms with E-state index >= 15 is 0 Å². The van der Waals surface area contributed by atoms with Crippen molar-refractivity contribution in [3.63, 3.8) is 0 Å². The van der Waals surface area contributed by atoms with Gasteiger partial charge < -0.3 is 10.6 Å². The van der Waals surface area contributed by atoms with E-state index in [4.69, 9.17) is 0 Å². The van der Waals surface area contributed by atoms with Crippen LogP contribution in [0.3, 0.4) is 0 Å². The summed E-state index contributed by atoms with van der Waals surface area (Å²) in [5.74, 6) is -0.232. The maximum absolute atomic E-state index is 12.5. The first-order valence-electron chi connectivity index (χ1n) is 9.23. The van der Waals surface area contributed by atoms with Crippen molar-refractivity contribution >= 4 is 34.5 Å². The molecule has 0 spiro atoms. The molecule has 4 rings (SSSR count). The van der Waals surface area contributed by atoms with Gasteiger partial charge in [-0.2, -0.15) is 5.10 Å². The highest BCUT2D eigenvalue weighted by molar-refractivity contribution is 8.14. The Labute approximate surface area is 166 Å². The summed E-state index contributed by atoms with van der Waals surface area (Å²) < 4.78 is 1.85. The number of benzene rings is 1. The van der Waals surface area contributed by atoms with E-state index in [9.17, 15) is 14.4 Å². The van der Waals surface area contributed by atoms with E-state index in [1.807, 2.05) is 10.9 Å². The summed E-state index contributed by atoms with van der Waals surface area (Å²) in [5, 5.41) is 10.4. The maximum Gasteiger partial charge on any atom is 0.289 e. The molecule has 2 saturated heterocycles. The Balaban J connectivity index is 1.36. The molecule has 28 heavy (non-hydrogen) atoms. The van der Waals surface area contributed by atoms with Gasteiger partial charge in [0.15, 0.2) is 5.69 Å². The topological polar surface area (TPSA) is 96.3 Å². The van der Waals surface area contributed by atoms with Gasteiger partial charge in [-0.25, -0.2) is 0 Å². The van der Waals surface area contributed by atoms with E-state index in [0.717, 1.165) is 43.3 Å². The van der Waals surface area contributed by atoms with Gasteiger partial charge in [-0.1, -0.05) is 23.9 Å². The predicted octanol–water partition coefficient (Wildman–Crippen LogP) is 2.26. The molecular weight excluding hydrogens is 378 g/mol. The highest BCUT2D eigenvalue weighted by Gasteiger charge is 2.29. The third kappa shape index (κ3) is 4.10. The summed E-state index contributed by atoms with van der Waals surface area (Å²) >= 11 is 1.02. The molecule has 3 heterocycles. The van der Waals surface area contributed by atoms with Crippen LogP contribution >= 0.6 is 11.8 Å². The Morgan fingerprint density at radius 2 is 2.07 bits per heavy atom. The fourth-order valence-corrected chi connectivity index (χ4v) is 4.05. The van der Waals surface area contributed by atoms with Gasteiger partial charge in [-0.05, 0) is 43.1 Å².